The van der Waals surface area contributed by atoms with Gasteiger partial charge in [0.25, 0.3) is 0 Å². The van der Waals surface area contributed by atoms with E-state index < -0.39 is 23.5 Å². The Hall–Kier alpha value is -2.78. The highest BCUT2D eigenvalue weighted by Crippen LogP contribution is 2.30. The number of aromatic nitrogens is 4. The molecular weight excluding hydrogens is 388 g/mol. The van der Waals surface area contributed by atoms with Crippen LogP contribution in [0.25, 0.3) is 0 Å². The molecule has 2 amide bonds. The molecule has 2 heterocycles. The van der Waals surface area contributed by atoms with Crippen LogP contribution in [0.4, 0.5) is 0 Å². The Morgan fingerprint density at radius 1 is 1.37 bits per heavy atom. The standard InChI is InChI=1S/C20H32N6O4/c1-7-8-9-10-16(27)21-17(20(3,4)5)18(28)25-12-14(11-15(25)19(29)30-6)26-23-13(2)22-24-26/h7,14-15,17H,1,8-12H2,2-6H3,(H,21,27)/t14-,15+,17-/m1/s1. The van der Waals surface area contributed by atoms with Crippen molar-refractivity contribution in [2.75, 3.05) is 13.7 Å². The summed E-state index contributed by atoms with van der Waals surface area (Å²) >= 11 is 0. The highest BCUT2D eigenvalue weighted by atomic mass is 16.5. The number of likely N-dealkylation sites (tertiary alicyclic amines) is 1. The van der Waals surface area contributed by atoms with Gasteiger partial charge < -0.3 is 15.0 Å². The summed E-state index contributed by atoms with van der Waals surface area (Å²) in [5.41, 5.74) is -0.550. The number of carbonyl (C=O) groups excluding carboxylic acids is 3. The summed E-state index contributed by atoms with van der Waals surface area (Å²) in [5, 5.41) is 14.9. The molecule has 30 heavy (non-hydrogen) atoms. The van der Waals surface area contributed by atoms with Gasteiger partial charge in [0.05, 0.1) is 13.2 Å². The molecule has 1 aliphatic heterocycles. The van der Waals surface area contributed by atoms with Crippen molar-refractivity contribution in [3.8, 4) is 0 Å². The van der Waals surface area contributed by atoms with E-state index in [9.17, 15) is 14.4 Å². The molecule has 10 nitrogen and oxygen atoms in total. The number of hydrogen-bond acceptors (Lipinski definition) is 7. The monoisotopic (exact) mass is 420 g/mol. The van der Waals surface area contributed by atoms with Crippen LogP contribution in [0.5, 0.6) is 0 Å². The van der Waals surface area contributed by atoms with Crippen molar-refractivity contribution in [1.29, 1.82) is 0 Å². The second kappa shape index (κ2) is 9.82. The molecule has 1 N–H and O–H groups in total. The predicted octanol–water partition coefficient (Wildman–Crippen LogP) is 1.18. The first-order valence-electron chi connectivity index (χ1n) is 10.1. The molecule has 1 aromatic rings. The molecule has 166 valence electrons. The molecule has 2 rings (SSSR count). The van der Waals surface area contributed by atoms with Gasteiger partial charge in [-0.2, -0.15) is 4.80 Å². The van der Waals surface area contributed by atoms with Crippen LogP contribution in [0.2, 0.25) is 0 Å². The van der Waals surface area contributed by atoms with E-state index in [1.165, 1.54) is 16.8 Å². The Balaban J connectivity index is 2.23. The number of allylic oxidation sites excluding steroid dienone is 1. The summed E-state index contributed by atoms with van der Waals surface area (Å²) in [6, 6.07) is -1.87. The number of carbonyl (C=O) groups is 3. The highest BCUT2D eigenvalue weighted by Gasteiger charge is 2.46. The second-order valence-corrected chi connectivity index (χ2v) is 8.62. The van der Waals surface area contributed by atoms with Crippen LogP contribution in [-0.2, 0) is 19.1 Å². The van der Waals surface area contributed by atoms with E-state index in [1.807, 2.05) is 20.8 Å². The van der Waals surface area contributed by atoms with Gasteiger partial charge in [-0.3, -0.25) is 9.59 Å². The van der Waals surface area contributed by atoms with Crippen molar-refractivity contribution in [2.24, 2.45) is 5.41 Å². The number of esters is 1. The van der Waals surface area contributed by atoms with Crippen LogP contribution >= 0.6 is 0 Å². The van der Waals surface area contributed by atoms with Gasteiger partial charge in [0.2, 0.25) is 11.8 Å². The Kier molecular flexibility index (Phi) is 7.69. The number of nitrogens with zero attached hydrogens (tertiary/aromatic N) is 5. The van der Waals surface area contributed by atoms with Gasteiger partial charge in [-0.25, -0.2) is 4.79 Å². The minimum atomic E-state index is -0.787. The van der Waals surface area contributed by atoms with Gasteiger partial charge in [0.15, 0.2) is 5.82 Å². The zero-order valence-electron chi connectivity index (χ0n) is 18.4. The fourth-order valence-corrected chi connectivity index (χ4v) is 3.49. The van der Waals surface area contributed by atoms with Crippen molar-refractivity contribution < 1.29 is 19.1 Å². The zero-order valence-corrected chi connectivity index (χ0v) is 18.4. The van der Waals surface area contributed by atoms with Gasteiger partial charge in [0, 0.05) is 19.4 Å². The predicted molar refractivity (Wildman–Crippen MR) is 109 cm³/mol. The average molecular weight is 421 g/mol. The summed E-state index contributed by atoms with van der Waals surface area (Å²) in [5.74, 6) is -0.528. The summed E-state index contributed by atoms with van der Waals surface area (Å²) in [6.45, 7) is 11.2. The molecule has 0 radical (unpaired) electrons. The molecule has 1 aromatic heterocycles. The van der Waals surface area contributed by atoms with E-state index in [1.54, 1.807) is 13.0 Å². The van der Waals surface area contributed by atoms with Gasteiger partial charge in [0.1, 0.15) is 12.1 Å². The highest BCUT2D eigenvalue weighted by molar-refractivity contribution is 5.91. The Bertz CT molecular complexity index is 785. The summed E-state index contributed by atoms with van der Waals surface area (Å²) in [6.07, 6.45) is 3.76. The van der Waals surface area contributed by atoms with Crippen molar-refractivity contribution in [2.45, 2.75) is 71.5 Å². The van der Waals surface area contributed by atoms with Crippen LogP contribution < -0.4 is 5.32 Å². The molecule has 1 saturated heterocycles. The Labute approximate surface area is 177 Å². The molecule has 3 atom stereocenters. The SMILES string of the molecule is C=CCCCC(=O)N[C@H](C(=O)N1C[C@H](n2nnc(C)n2)C[C@H]1C(=O)OC)C(C)(C)C. The van der Waals surface area contributed by atoms with Gasteiger partial charge in [-0.15, -0.1) is 16.8 Å². The third-order valence-electron chi connectivity index (χ3n) is 5.12. The molecule has 0 aromatic carbocycles. The normalized spacial score (nSPS) is 20.0. The fraction of sp³-hybridized carbons (Fsp3) is 0.700. The van der Waals surface area contributed by atoms with Gasteiger partial charge >= 0.3 is 5.97 Å². The first-order chi connectivity index (χ1) is 14.1. The lowest BCUT2D eigenvalue weighted by atomic mass is 9.85. The number of amides is 2. The number of methoxy groups -OCH3 is 1. The molecule has 0 bridgehead atoms. The molecule has 0 spiro atoms. The summed E-state index contributed by atoms with van der Waals surface area (Å²) < 4.78 is 4.92. The molecule has 0 aliphatic carbocycles. The van der Waals surface area contributed by atoms with Crippen LogP contribution in [0, 0.1) is 12.3 Å². The van der Waals surface area contributed by atoms with E-state index in [0.29, 0.717) is 25.1 Å². The van der Waals surface area contributed by atoms with Crippen molar-refractivity contribution >= 4 is 17.8 Å². The number of aryl methyl sites for hydroxylation is 1. The smallest absolute Gasteiger partial charge is 0.328 e. The van der Waals surface area contributed by atoms with Crippen molar-refractivity contribution in [1.82, 2.24) is 30.4 Å². The maximum absolute atomic E-state index is 13.5. The van der Waals surface area contributed by atoms with E-state index in [0.717, 1.165) is 6.42 Å². The fourth-order valence-electron chi connectivity index (χ4n) is 3.49. The largest absolute Gasteiger partial charge is 0.467 e. The van der Waals surface area contributed by atoms with Gasteiger partial charge in [-0.1, -0.05) is 26.8 Å². The number of nitrogens with one attached hydrogen (secondary N) is 1. The lowest BCUT2D eigenvalue weighted by molar-refractivity contribution is -0.153. The number of rotatable bonds is 8. The van der Waals surface area contributed by atoms with Crippen LogP contribution in [0.3, 0.4) is 0 Å². The first kappa shape index (κ1) is 23.5. The quantitative estimate of drug-likeness (QED) is 0.381. The Morgan fingerprint density at radius 3 is 2.60 bits per heavy atom. The van der Waals surface area contributed by atoms with E-state index in [2.05, 4.69) is 27.3 Å². The lowest BCUT2D eigenvalue weighted by Crippen LogP contribution is -2.56. The average Bonchev–Trinajstić information content (AvgIpc) is 3.30. The van der Waals surface area contributed by atoms with E-state index in [-0.39, 0.29) is 24.4 Å². The Morgan fingerprint density at radius 2 is 2.07 bits per heavy atom. The van der Waals surface area contributed by atoms with Crippen LogP contribution in [0.15, 0.2) is 12.7 Å². The lowest BCUT2D eigenvalue weighted by Gasteiger charge is -2.35. The van der Waals surface area contributed by atoms with Crippen molar-refractivity contribution in [3.63, 3.8) is 0 Å². The third-order valence-corrected chi connectivity index (χ3v) is 5.12. The number of ether oxygens (including phenoxy) is 1. The molecule has 1 aliphatic rings. The molecule has 10 heteroatoms. The van der Waals surface area contributed by atoms with Gasteiger partial charge in [-0.05, 0) is 30.4 Å². The maximum atomic E-state index is 13.5. The van der Waals surface area contributed by atoms with Crippen LogP contribution in [-0.4, -0.2) is 68.6 Å². The molecule has 1 fully saturated rings. The van der Waals surface area contributed by atoms with E-state index >= 15 is 0 Å². The summed E-state index contributed by atoms with van der Waals surface area (Å²) in [4.78, 5) is 41.2. The minimum absolute atomic E-state index is 0.205. The number of unbranched alkanes of at least 4 members (excludes halogenated alkanes) is 1. The summed E-state index contributed by atoms with van der Waals surface area (Å²) in [7, 11) is 1.29. The molecular formula is C20H32N6O4. The van der Waals surface area contributed by atoms with E-state index in [4.69, 9.17) is 4.74 Å². The number of tetrazole rings is 1. The minimum Gasteiger partial charge on any atom is -0.467 e. The van der Waals surface area contributed by atoms with Crippen molar-refractivity contribution in [3.05, 3.63) is 18.5 Å². The second-order valence-electron chi connectivity index (χ2n) is 8.62. The topological polar surface area (TPSA) is 119 Å². The maximum Gasteiger partial charge on any atom is 0.328 e. The number of hydrogen-bond donors (Lipinski definition) is 1. The third kappa shape index (κ3) is 5.64. The molecule has 0 saturated carbocycles. The first-order valence-corrected chi connectivity index (χ1v) is 10.1. The van der Waals surface area contributed by atoms with Crippen LogP contribution in [0.1, 0.15) is 58.3 Å². The molecule has 0 unspecified atom stereocenters. The zero-order chi connectivity index (χ0) is 22.5.